The summed E-state index contributed by atoms with van der Waals surface area (Å²) < 4.78 is 25.4. The average molecular weight is 432 g/mol. The van der Waals surface area contributed by atoms with Gasteiger partial charge in [0.25, 0.3) is 5.69 Å². The number of hydrogen-bond acceptors (Lipinski definition) is 5. The number of amides is 1. The molecule has 1 amide bonds. The SMILES string of the molecule is CC(C(=O)Nc1cccc([N+](=O)[O-])c1)N(c1cc(Cl)cc(Cl)c1)S(C)(=O)=O. The summed E-state index contributed by atoms with van der Waals surface area (Å²) in [4.78, 5) is 22.8. The molecular formula is C16H15Cl2N3O5S. The maximum Gasteiger partial charge on any atom is 0.271 e. The summed E-state index contributed by atoms with van der Waals surface area (Å²) in [6, 6.07) is 8.30. The highest BCUT2D eigenvalue weighted by atomic mass is 35.5. The fraction of sp³-hybridized carbons (Fsp3) is 0.188. The summed E-state index contributed by atoms with van der Waals surface area (Å²) >= 11 is 11.9. The van der Waals surface area contributed by atoms with Crippen molar-refractivity contribution in [2.75, 3.05) is 15.9 Å². The molecule has 8 nitrogen and oxygen atoms in total. The number of hydrogen-bond donors (Lipinski definition) is 1. The lowest BCUT2D eigenvalue weighted by atomic mass is 10.2. The van der Waals surface area contributed by atoms with E-state index in [0.717, 1.165) is 10.6 Å². The molecule has 0 saturated carbocycles. The smallest absolute Gasteiger partial charge is 0.271 e. The van der Waals surface area contributed by atoms with Crippen molar-refractivity contribution in [3.63, 3.8) is 0 Å². The van der Waals surface area contributed by atoms with Gasteiger partial charge in [-0.15, -0.1) is 0 Å². The second-order valence-electron chi connectivity index (χ2n) is 5.66. The summed E-state index contributed by atoms with van der Waals surface area (Å²) in [5.74, 6) is -0.683. The zero-order valence-corrected chi connectivity index (χ0v) is 16.5. The van der Waals surface area contributed by atoms with Gasteiger partial charge in [-0.2, -0.15) is 0 Å². The lowest BCUT2D eigenvalue weighted by molar-refractivity contribution is -0.384. The molecule has 0 aromatic heterocycles. The molecule has 144 valence electrons. The monoisotopic (exact) mass is 431 g/mol. The highest BCUT2D eigenvalue weighted by molar-refractivity contribution is 7.92. The molecular weight excluding hydrogens is 417 g/mol. The van der Waals surface area contributed by atoms with Crippen LogP contribution in [0.5, 0.6) is 0 Å². The molecule has 0 aliphatic heterocycles. The maximum atomic E-state index is 12.6. The standard InChI is InChI=1S/C16H15Cl2N3O5S/c1-10(16(22)19-13-4-3-5-14(9-13)21(23)24)20(27(2,25)26)15-7-11(17)6-12(18)8-15/h3-10H,1-2H3,(H,19,22). The van der Waals surface area contributed by atoms with Gasteiger partial charge in [0.15, 0.2) is 0 Å². The number of nitrogens with zero attached hydrogens (tertiary/aromatic N) is 2. The largest absolute Gasteiger partial charge is 0.324 e. The van der Waals surface area contributed by atoms with Crippen LogP contribution in [-0.2, 0) is 14.8 Å². The van der Waals surface area contributed by atoms with Gasteiger partial charge < -0.3 is 5.32 Å². The molecule has 0 saturated heterocycles. The van der Waals surface area contributed by atoms with Crippen LogP contribution >= 0.6 is 23.2 Å². The number of non-ortho nitro benzene ring substituents is 1. The number of nitrogens with one attached hydrogen (secondary N) is 1. The van der Waals surface area contributed by atoms with E-state index in [2.05, 4.69) is 5.32 Å². The third-order valence-corrected chi connectivity index (χ3v) is 5.19. The van der Waals surface area contributed by atoms with Crippen molar-refractivity contribution in [2.45, 2.75) is 13.0 Å². The van der Waals surface area contributed by atoms with E-state index in [0.29, 0.717) is 0 Å². The summed E-state index contributed by atoms with van der Waals surface area (Å²) in [6.45, 7) is 1.38. The minimum atomic E-state index is -3.86. The highest BCUT2D eigenvalue weighted by Crippen LogP contribution is 2.29. The van der Waals surface area contributed by atoms with Crippen LogP contribution in [0.15, 0.2) is 42.5 Å². The molecule has 0 aliphatic carbocycles. The second-order valence-corrected chi connectivity index (χ2v) is 8.39. The molecule has 0 aliphatic rings. The Hall–Kier alpha value is -2.36. The number of sulfonamides is 1. The van der Waals surface area contributed by atoms with Gasteiger partial charge in [0.2, 0.25) is 15.9 Å². The number of benzene rings is 2. The molecule has 0 fully saturated rings. The molecule has 2 aromatic rings. The zero-order valence-electron chi connectivity index (χ0n) is 14.2. The molecule has 2 rings (SSSR count). The Labute approximate surface area is 165 Å². The zero-order chi connectivity index (χ0) is 20.4. The molecule has 1 unspecified atom stereocenters. The number of carbonyl (C=O) groups excluding carboxylic acids is 1. The summed E-state index contributed by atoms with van der Waals surface area (Å²) in [5, 5.41) is 13.7. The van der Waals surface area contributed by atoms with Crippen LogP contribution in [0.2, 0.25) is 10.0 Å². The van der Waals surface area contributed by atoms with E-state index in [4.69, 9.17) is 23.2 Å². The summed E-state index contributed by atoms with van der Waals surface area (Å²) in [5.41, 5.74) is 0.0809. The lowest BCUT2D eigenvalue weighted by Crippen LogP contribution is -2.45. The van der Waals surface area contributed by atoms with E-state index < -0.39 is 26.9 Å². The molecule has 2 aromatic carbocycles. The second kappa shape index (κ2) is 8.12. The predicted molar refractivity (Wildman–Crippen MR) is 105 cm³/mol. The number of halogens is 2. The number of carbonyl (C=O) groups is 1. The Bertz CT molecular complexity index is 977. The topological polar surface area (TPSA) is 110 Å². The third kappa shape index (κ3) is 5.31. The van der Waals surface area contributed by atoms with Crippen molar-refractivity contribution >= 4 is 56.2 Å². The fourth-order valence-corrected chi connectivity index (χ4v) is 4.09. The van der Waals surface area contributed by atoms with Gasteiger partial charge in [-0.05, 0) is 31.2 Å². The van der Waals surface area contributed by atoms with E-state index >= 15 is 0 Å². The van der Waals surface area contributed by atoms with Crippen molar-refractivity contribution < 1.29 is 18.1 Å². The van der Waals surface area contributed by atoms with Crippen molar-refractivity contribution in [3.05, 3.63) is 62.6 Å². The first-order chi connectivity index (χ1) is 12.5. The Morgan fingerprint density at radius 1 is 1.19 bits per heavy atom. The maximum absolute atomic E-state index is 12.6. The highest BCUT2D eigenvalue weighted by Gasteiger charge is 2.30. The van der Waals surface area contributed by atoms with Crippen LogP contribution in [0.25, 0.3) is 0 Å². The number of anilines is 2. The van der Waals surface area contributed by atoms with Gasteiger partial charge in [0.05, 0.1) is 16.9 Å². The Kier molecular flexibility index (Phi) is 6.30. The van der Waals surface area contributed by atoms with Crippen LogP contribution in [0.4, 0.5) is 17.1 Å². The van der Waals surface area contributed by atoms with Crippen molar-refractivity contribution in [2.24, 2.45) is 0 Å². The minimum absolute atomic E-state index is 0.122. The van der Waals surface area contributed by atoms with E-state index in [9.17, 15) is 23.3 Å². The van der Waals surface area contributed by atoms with Crippen LogP contribution in [0, 0.1) is 10.1 Å². The minimum Gasteiger partial charge on any atom is -0.324 e. The van der Waals surface area contributed by atoms with Crippen LogP contribution in [0.3, 0.4) is 0 Å². The third-order valence-electron chi connectivity index (χ3n) is 3.51. The molecule has 0 spiro atoms. The van der Waals surface area contributed by atoms with E-state index in [-0.39, 0.29) is 27.1 Å². The fourth-order valence-electron chi connectivity index (χ4n) is 2.42. The molecule has 27 heavy (non-hydrogen) atoms. The van der Waals surface area contributed by atoms with E-state index in [1.54, 1.807) is 0 Å². The molecule has 11 heteroatoms. The van der Waals surface area contributed by atoms with E-state index in [1.807, 2.05) is 0 Å². The van der Waals surface area contributed by atoms with Gasteiger partial charge >= 0.3 is 0 Å². The van der Waals surface area contributed by atoms with Crippen molar-refractivity contribution in [3.8, 4) is 0 Å². The summed E-state index contributed by atoms with van der Waals surface area (Å²) in [7, 11) is -3.86. The summed E-state index contributed by atoms with van der Waals surface area (Å²) in [6.07, 6.45) is 0.943. The molecule has 0 radical (unpaired) electrons. The van der Waals surface area contributed by atoms with Crippen LogP contribution in [0.1, 0.15) is 6.92 Å². The first kappa shape index (κ1) is 20.9. The van der Waals surface area contributed by atoms with Gasteiger partial charge in [0.1, 0.15) is 6.04 Å². The van der Waals surface area contributed by atoms with E-state index in [1.165, 1.54) is 49.4 Å². The van der Waals surface area contributed by atoms with Crippen LogP contribution in [-0.4, -0.2) is 31.5 Å². The molecule has 0 heterocycles. The quantitative estimate of drug-likeness (QED) is 0.553. The predicted octanol–water partition coefficient (Wildman–Crippen LogP) is 3.69. The first-order valence-electron chi connectivity index (χ1n) is 7.50. The van der Waals surface area contributed by atoms with Gasteiger partial charge in [0, 0.05) is 27.9 Å². The van der Waals surface area contributed by atoms with Crippen molar-refractivity contribution in [1.82, 2.24) is 0 Å². The van der Waals surface area contributed by atoms with Crippen molar-refractivity contribution in [1.29, 1.82) is 0 Å². The Morgan fingerprint density at radius 2 is 1.78 bits per heavy atom. The van der Waals surface area contributed by atoms with Crippen LogP contribution < -0.4 is 9.62 Å². The number of nitro benzene ring substituents is 1. The molecule has 1 atom stereocenters. The molecule has 0 bridgehead atoms. The number of rotatable bonds is 6. The van der Waals surface area contributed by atoms with Gasteiger partial charge in [-0.1, -0.05) is 29.3 Å². The number of nitro groups is 1. The lowest BCUT2D eigenvalue weighted by Gasteiger charge is -2.28. The first-order valence-corrected chi connectivity index (χ1v) is 10.1. The van der Waals surface area contributed by atoms with Gasteiger partial charge in [-0.25, -0.2) is 8.42 Å². The van der Waals surface area contributed by atoms with Gasteiger partial charge in [-0.3, -0.25) is 19.2 Å². The average Bonchev–Trinajstić information content (AvgIpc) is 2.52. The Morgan fingerprint density at radius 3 is 2.30 bits per heavy atom. The Balaban J connectivity index is 2.35. The molecule has 1 N–H and O–H groups in total. The normalized spacial score (nSPS) is 12.3.